The van der Waals surface area contributed by atoms with Gasteiger partial charge < -0.3 is 15.2 Å². The highest BCUT2D eigenvalue weighted by molar-refractivity contribution is 5.98. The molecule has 1 aromatic heterocycles. The fourth-order valence-electron chi connectivity index (χ4n) is 3.94. The number of carbonyl (C=O) groups excluding carboxylic acids is 1. The third-order valence-electron chi connectivity index (χ3n) is 5.34. The van der Waals surface area contributed by atoms with E-state index in [1.165, 1.54) is 25.9 Å². The van der Waals surface area contributed by atoms with Gasteiger partial charge >= 0.3 is 0 Å². The molecule has 0 radical (unpaired) electrons. The third-order valence-corrected chi connectivity index (χ3v) is 5.34. The molecule has 3 heterocycles. The maximum atomic E-state index is 12.7. The van der Waals surface area contributed by atoms with Crippen molar-refractivity contribution in [2.24, 2.45) is 5.92 Å². The van der Waals surface area contributed by atoms with E-state index in [1.807, 2.05) is 35.2 Å². The number of fused-ring (bicyclic) bond motifs is 1. The average Bonchev–Trinajstić information content (AvgIpc) is 3.07. The van der Waals surface area contributed by atoms with E-state index in [1.54, 1.807) is 0 Å². The summed E-state index contributed by atoms with van der Waals surface area (Å²) in [5, 5.41) is 4.59. The number of nitrogens with one attached hydrogen (secondary N) is 2. The van der Waals surface area contributed by atoms with Gasteiger partial charge in [-0.15, -0.1) is 12.4 Å². The summed E-state index contributed by atoms with van der Waals surface area (Å²) in [6, 6.07) is 10.0. The number of H-pyrrole nitrogens is 1. The van der Waals surface area contributed by atoms with E-state index in [2.05, 4.69) is 15.2 Å². The molecule has 2 saturated heterocycles. The van der Waals surface area contributed by atoms with E-state index < -0.39 is 0 Å². The minimum Gasteiger partial charge on any atom is -0.351 e. The first-order valence-corrected chi connectivity index (χ1v) is 9.10. The number of carbonyl (C=O) groups is 1. The van der Waals surface area contributed by atoms with Crippen LogP contribution in [0.25, 0.3) is 10.9 Å². The van der Waals surface area contributed by atoms with Gasteiger partial charge in [-0.2, -0.15) is 0 Å². The number of hydrogen-bond donors (Lipinski definition) is 2. The van der Waals surface area contributed by atoms with Crippen LogP contribution in [0.3, 0.4) is 0 Å². The Morgan fingerprint density at radius 2 is 1.96 bits per heavy atom. The first kappa shape index (κ1) is 18.2. The highest BCUT2D eigenvalue weighted by Gasteiger charge is 2.25. The van der Waals surface area contributed by atoms with Gasteiger partial charge in [-0.3, -0.25) is 9.69 Å². The molecular weight excluding hydrogens is 336 g/mol. The van der Waals surface area contributed by atoms with E-state index in [4.69, 9.17) is 0 Å². The number of piperidine rings is 1. The number of piperazine rings is 1. The molecule has 25 heavy (non-hydrogen) atoms. The maximum absolute atomic E-state index is 12.7. The lowest BCUT2D eigenvalue weighted by molar-refractivity contribution is 0.0605. The highest BCUT2D eigenvalue weighted by atomic mass is 35.5. The van der Waals surface area contributed by atoms with Crippen molar-refractivity contribution in [3.63, 3.8) is 0 Å². The Morgan fingerprint density at radius 1 is 1.16 bits per heavy atom. The number of aromatic amines is 1. The monoisotopic (exact) mass is 362 g/mol. The second-order valence-electron chi connectivity index (χ2n) is 7.08. The van der Waals surface area contributed by atoms with Crippen molar-refractivity contribution in [3.8, 4) is 0 Å². The van der Waals surface area contributed by atoms with E-state index in [0.717, 1.165) is 49.5 Å². The number of benzene rings is 1. The number of aromatic nitrogens is 1. The SMILES string of the molecule is Cl.O=C(c1cc2ccccc2[nH]1)N1CCN(CC2CCCNC2)CC1. The molecule has 1 unspecified atom stereocenters. The first-order valence-electron chi connectivity index (χ1n) is 9.10. The Morgan fingerprint density at radius 3 is 2.68 bits per heavy atom. The summed E-state index contributed by atoms with van der Waals surface area (Å²) < 4.78 is 0. The summed E-state index contributed by atoms with van der Waals surface area (Å²) >= 11 is 0. The van der Waals surface area contributed by atoms with Crippen molar-refractivity contribution >= 4 is 29.2 Å². The van der Waals surface area contributed by atoms with Gasteiger partial charge in [0.1, 0.15) is 5.69 Å². The Kier molecular flexibility index (Phi) is 5.99. The van der Waals surface area contributed by atoms with Crippen molar-refractivity contribution in [2.45, 2.75) is 12.8 Å². The van der Waals surface area contributed by atoms with Crippen LogP contribution >= 0.6 is 12.4 Å². The van der Waals surface area contributed by atoms with Crippen LogP contribution in [0.5, 0.6) is 0 Å². The fraction of sp³-hybridized carbons (Fsp3) is 0.526. The van der Waals surface area contributed by atoms with E-state index >= 15 is 0 Å². The maximum Gasteiger partial charge on any atom is 0.270 e. The quantitative estimate of drug-likeness (QED) is 0.881. The standard InChI is InChI=1S/C19H26N4O.ClH/c24-19(18-12-16-5-1-2-6-17(16)21-18)23-10-8-22(9-11-23)14-15-4-3-7-20-13-15;/h1-2,5-6,12,15,20-21H,3-4,7-11,13-14H2;1H. The van der Waals surface area contributed by atoms with Gasteiger partial charge in [0.15, 0.2) is 0 Å². The van der Waals surface area contributed by atoms with Crippen molar-refractivity contribution in [1.29, 1.82) is 0 Å². The van der Waals surface area contributed by atoms with Crippen molar-refractivity contribution in [1.82, 2.24) is 20.1 Å². The number of hydrogen-bond acceptors (Lipinski definition) is 3. The molecule has 0 spiro atoms. The molecular formula is C19H27ClN4O. The van der Waals surface area contributed by atoms with E-state index in [-0.39, 0.29) is 18.3 Å². The fourth-order valence-corrected chi connectivity index (χ4v) is 3.94. The summed E-state index contributed by atoms with van der Waals surface area (Å²) in [5.74, 6) is 0.903. The lowest BCUT2D eigenvalue weighted by Gasteiger charge is -2.37. The predicted octanol–water partition coefficient (Wildman–Crippen LogP) is 2.35. The summed E-state index contributed by atoms with van der Waals surface area (Å²) in [7, 11) is 0. The average molecular weight is 363 g/mol. The normalized spacial score (nSPS) is 21.9. The van der Waals surface area contributed by atoms with Crippen LogP contribution in [0.1, 0.15) is 23.3 Å². The molecule has 1 aromatic carbocycles. The second kappa shape index (κ2) is 8.21. The number of para-hydroxylation sites is 1. The molecule has 136 valence electrons. The smallest absolute Gasteiger partial charge is 0.270 e. The van der Waals surface area contributed by atoms with Crippen LogP contribution in [0.2, 0.25) is 0 Å². The summed E-state index contributed by atoms with van der Waals surface area (Å²) in [6.45, 7) is 7.12. The minimum atomic E-state index is 0. The zero-order chi connectivity index (χ0) is 16.4. The molecule has 5 nitrogen and oxygen atoms in total. The topological polar surface area (TPSA) is 51.4 Å². The van der Waals surface area contributed by atoms with Gasteiger partial charge in [-0.1, -0.05) is 18.2 Å². The molecule has 1 atom stereocenters. The van der Waals surface area contributed by atoms with Crippen LogP contribution < -0.4 is 5.32 Å². The van der Waals surface area contributed by atoms with Crippen LogP contribution in [-0.2, 0) is 0 Å². The number of nitrogens with zero attached hydrogens (tertiary/aromatic N) is 2. The predicted molar refractivity (Wildman–Crippen MR) is 103 cm³/mol. The van der Waals surface area contributed by atoms with Crippen molar-refractivity contribution in [3.05, 3.63) is 36.0 Å². The Bertz CT molecular complexity index is 669. The molecule has 0 aliphatic carbocycles. The van der Waals surface area contributed by atoms with Crippen molar-refractivity contribution in [2.75, 3.05) is 45.8 Å². The van der Waals surface area contributed by atoms with Gasteiger partial charge in [0.05, 0.1) is 0 Å². The zero-order valence-electron chi connectivity index (χ0n) is 14.5. The van der Waals surface area contributed by atoms with Crippen LogP contribution in [0.4, 0.5) is 0 Å². The molecule has 2 aromatic rings. The Labute approximate surface area is 155 Å². The van der Waals surface area contributed by atoms with Crippen LogP contribution in [0.15, 0.2) is 30.3 Å². The van der Waals surface area contributed by atoms with Crippen molar-refractivity contribution < 1.29 is 4.79 Å². The number of rotatable bonds is 3. The lowest BCUT2D eigenvalue weighted by Crippen LogP contribution is -2.50. The molecule has 0 saturated carbocycles. The van der Waals surface area contributed by atoms with Gasteiger partial charge in [0.25, 0.3) is 5.91 Å². The number of halogens is 1. The molecule has 2 fully saturated rings. The zero-order valence-corrected chi connectivity index (χ0v) is 15.4. The third kappa shape index (κ3) is 4.17. The second-order valence-corrected chi connectivity index (χ2v) is 7.08. The largest absolute Gasteiger partial charge is 0.351 e. The summed E-state index contributed by atoms with van der Waals surface area (Å²) in [6.07, 6.45) is 2.63. The Hall–Kier alpha value is -1.56. The lowest BCUT2D eigenvalue weighted by atomic mass is 9.99. The molecule has 2 aliphatic heterocycles. The molecule has 2 N–H and O–H groups in total. The van der Waals surface area contributed by atoms with Crippen LogP contribution in [0, 0.1) is 5.92 Å². The summed E-state index contributed by atoms with van der Waals surface area (Å²) in [4.78, 5) is 20.5. The van der Waals surface area contributed by atoms with E-state index in [0.29, 0.717) is 5.69 Å². The summed E-state index contributed by atoms with van der Waals surface area (Å²) in [5.41, 5.74) is 1.74. The van der Waals surface area contributed by atoms with E-state index in [9.17, 15) is 4.79 Å². The first-order chi connectivity index (χ1) is 11.8. The van der Waals surface area contributed by atoms with Gasteiger partial charge in [-0.05, 0) is 44.0 Å². The van der Waals surface area contributed by atoms with Gasteiger partial charge in [0.2, 0.25) is 0 Å². The molecule has 4 rings (SSSR count). The molecule has 1 amide bonds. The number of amides is 1. The Balaban J connectivity index is 0.00000182. The van der Waals surface area contributed by atoms with Crippen LogP contribution in [-0.4, -0.2) is 66.5 Å². The highest BCUT2D eigenvalue weighted by Crippen LogP contribution is 2.18. The molecule has 6 heteroatoms. The molecule has 2 aliphatic rings. The molecule has 0 bridgehead atoms. The minimum absolute atomic E-state index is 0. The van der Waals surface area contributed by atoms with Gasteiger partial charge in [0, 0.05) is 43.6 Å². The van der Waals surface area contributed by atoms with Gasteiger partial charge in [-0.25, -0.2) is 0 Å².